The molecule has 0 fully saturated rings. The number of benzene rings is 2. The Morgan fingerprint density at radius 1 is 1.05 bits per heavy atom. The third kappa shape index (κ3) is 4.58. The first kappa shape index (κ1) is 16.1. The highest BCUT2D eigenvalue weighted by molar-refractivity contribution is 7.99. The van der Waals surface area contributed by atoms with E-state index in [4.69, 9.17) is 0 Å². The molecule has 3 heteroatoms. The van der Waals surface area contributed by atoms with E-state index < -0.39 is 0 Å². The molecule has 0 aliphatic heterocycles. The van der Waals surface area contributed by atoms with Gasteiger partial charge < -0.3 is 5.32 Å². The van der Waals surface area contributed by atoms with Crippen molar-refractivity contribution >= 4 is 11.8 Å². The molecule has 1 nitrogen and oxygen atoms in total. The third-order valence-electron chi connectivity index (χ3n) is 3.29. The lowest BCUT2D eigenvalue weighted by Gasteiger charge is -2.14. The molecule has 21 heavy (non-hydrogen) atoms. The summed E-state index contributed by atoms with van der Waals surface area (Å²) in [4.78, 5) is 2.34. The average Bonchev–Trinajstić information content (AvgIpc) is 2.43. The fraction of sp³-hybridized carbons (Fsp3) is 0.333. The van der Waals surface area contributed by atoms with Gasteiger partial charge in [0.15, 0.2) is 0 Å². The van der Waals surface area contributed by atoms with Crippen LogP contribution in [0.15, 0.2) is 46.2 Å². The SMILES string of the molecule is Cc1ccc(C)c(Sc2ccc(F)cc2CNC(C)C)c1. The van der Waals surface area contributed by atoms with Gasteiger partial charge in [-0.1, -0.05) is 37.7 Å². The van der Waals surface area contributed by atoms with Crippen molar-refractivity contribution in [1.82, 2.24) is 5.32 Å². The van der Waals surface area contributed by atoms with Gasteiger partial charge in [-0.15, -0.1) is 0 Å². The molecule has 2 aromatic rings. The zero-order chi connectivity index (χ0) is 15.4. The zero-order valence-corrected chi connectivity index (χ0v) is 13.9. The quantitative estimate of drug-likeness (QED) is 0.825. The van der Waals surface area contributed by atoms with Crippen molar-refractivity contribution in [3.05, 3.63) is 58.9 Å². The minimum absolute atomic E-state index is 0.180. The summed E-state index contributed by atoms with van der Waals surface area (Å²) in [5.41, 5.74) is 3.50. The van der Waals surface area contributed by atoms with E-state index in [9.17, 15) is 4.39 Å². The van der Waals surface area contributed by atoms with Gasteiger partial charge in [0, 0.05) is 22.4 Å². The Hall–Kier alpha value is -1.32. The third-order valence-corrected chi connectivity index (χ3v) is 4.56. The Balaban J connectivity index is 2.28. The number of hydrogen-bond acceptors (Lipinski definition) is 2. The van der Waals surface area contributed by atoms with E-state index in [0.29, 0.717) is 12.6 Å². The summed E-state index contributed by atoms with van der Waals surface area (Å²) < 4.78 is 13.5. The van der Waals surface area contributed by atoms with Gasteiger partial charge in [0.25, 0.3) is 0 Å². The van der Waals surface area contributed by atoms with Crippen molar-refractivity contribution in [3.63, 3.8) is 0 Å². The Labute approximate surface area is 131 Å². The molecule has 0 radical (unpaired) electrons. The molecular weight excluding hydrogens is 281 g/mol. The lowest BCUT2D eigenvalue weighted by atomic mass is 10.2. The van der Waals surface area contributed by atoms with Crippen molar-refractivity contribution in [1.29, 1.82) is 0 Å². The molecule has 0 unspecified atom stereocenters. The van der Waals surface area contributed by atoms with Gasteiger partial charge in [-0.25, -0.2) is 4.39 Å². The average molecular weight is 303 g/mol. The molecule has 0 aliphatic rings. The van der Waals surface area contributed by atoms with Crippen LogP contribution in [0.25, 0.3) is 0 Å². The second-order valence-electron chi connectivity index (χ2n) is 5.66. The van der Waals surface area contributed by atoms with Crippen LogP contribution in [0.3, 0.4) is 0 Å². The fourth-order valence-electron chi connectivity index (χ4n) is 2.04. The van der Waals surface area contributed by atoms with E-state index in [1.807, 2.05) is 6.07 Å². The maximum Gasteiger partial charge on any atom is 0.123 e. The molecule has 0 aromatic heterocycles. The summed E-state index contributed by atoms with van der Waals surface area (Å²) in [7, 11) is 0. The van der Waals surface area contributed by atoms with Gasteiger partial charge >= 0.3 is 0 Å². The molecule has 0 heterocycles. The number of hydrogen-bond donors (Lipinski definition) is 1. The summed E-state index contributed by atoms with van der Waals surface area (Å²) in [5.74, 6) is -0.180. The van der Waals surface area contributed by atoms with Crippen LogP contribution >= 0.6 is 11.8 Å². The lowest BCUT2D eigenvalue weighted by Crippen LogP contribution is -2.22. The molecule has 112 valence electrons. The van der Waals surface area contributed by atoms with Gasteiger partial charge in [0.2, 0.25) is 0 Å². The van der Waals surface area contributed by atoms with Crippen LogP contribution in [-0.4, -0.2) is 6.04 Å². The van der Waals surface area contributed by atoms with Crippen LogP contribution < -0.4 is 5.32 Å². The molecule has 0 aliphatic carbocycles. The van der Waals surface area contributed by atoms with Crippen LogP contribution in [0.4, 0.5) is 4.39 Å². The van der Waals surface area contributed by atoms with Crippen molar-refractivity contribution in [2.24, 2.45) is 0 Å². The first-order chi connectivity index (χ1) is 9.95. The van der Waals surface area contributed by atoms with Crippen LogP contribution in [0.1, 0.15) is 30.5 Å². The van der Waals surface area contributed by atoms with E-state index in [1.165, 1.54) is 22.1 Å². The number of nitrogens with one attached hydrogen (secondary N) is 1. The van der Waals surface area contributed by atoms with Crippen molar-refractivity contribution < 1.29 is 4.39 Å². The van der Waals surface area contributed by atoms with Crippen molar-refractivity contribution in [2.75, 3.05) is 0 Å². The number of halogens is 1. The fourth-order valence-corrected chi connectivity index (χ4v) is 3.14. The Morgan fingerprint density at radius 2 is 1.81 bits per heavy atom. The second-order valence-corrected chi connectivity index (χ2v) is 6.74. The van der Waals surface area contributed by atoms with Gasteiger partial charge in [-0.2, -0.15) is 0 Å². The largest absolute Gasteiger partial charge is 0.310 e. The minimum Gasteiger partial charge on any atom is -0.310 e. The molecular formula is C18H22FNS. The highest BCUT2D eigenvalue weighted by atomic mass is 32.2. The van der Waals surface area contributed by atoms with Crippen LogP contribution in [0, 0.1) is 19.7 Å². The van der Waals surface area contributed by atoms with Crippen LogP contribution in [0.2, 0.25) is 0 Å². The summed E-state index contributed by atoms with van der Waals surface area (Å²) >= 11 is 1.71. The lowest BCUT2D eigenvalue weighted by molar-refractivity contribution is 0.576. The Bertz CT molecular complexity index is 623. The summed E-state index contributed by atoms with van der Waals surface area (Å²) in [6.45, 7) is 9.07. The van der Waals surface area contributed by atoms with Gasteiger partial charge in [-0.05, 0) is 54.8 Å². The predicted octanol–water partition coefficient (Wildman–Crippen LogP) is 5.09. The van der Waals surface area contributed by atoms with Crippen LogP contribution in [-0.2, 0) is 6.54 Å². The topological polar surface area (TPSA) is 12.0 Å². The molecule has 1 N–H and O–H groups in total. The minimum atomic E-state index is -0.180. The number of aryl methyl sites for hydroxylation is 2. The maximum absolute atomic E-state index is 13.5. The first-order valence-electron chi connectivity index (χ1n) is 7.22. The summed E-state index contributed by atoms with van der Waals surface area (Å²) in [6, 6.07) is 11.8. The normalized spacial score (nSPS) is 11.1. The van der Waals surface area contributed by atoms with Crippen LogP contribution in [0.5, 0.6) is 0 Å². The van der Waals surface area contributed by atoms with E-state index in [0.717, 1.165) is 10.5 Å². The van der Waals surface area contributed by atoms with E-state index >= 15 is 0 Å². The maximum atomic E-state index is 13.5. The smallest absolute Gasteiger partial charge is 0.123 e. The molecule has 2 rings (SSSR count). The summed E-state index contributed by atoms with van der Waals surface area (Å²) in [5, 5.41) is 3.36. The van der Waals surface area contributed by atoms with E-state index in [2.05, 4.69) is 51.2 Å². The van der Waals surface area contributed by atoms with E-state index in [-0.39, 0.29) is 5.82 Å². The van der Waals surface area contributed by atoms with Crippen molar-refractivity contribution in [3.8, 4) is 0 Å². The molecule has 0 saturated carbocycles. The van der Waals surface area contributed by atoms with Gasteiger partial charge in [0.1, 0.15) is 5.82 Å². The molecule has 0 amide bonds. The van der Waals surface area contributed by atoms with Gasteiger partial charge in [0.05, 0.1) is 0 Å². The van der Waals surface area contributed by atoms with Crippen molar-refractivity contribution in [2.45, 2.75) is 50.1 Å². The molecule has 0 atom stereocenters. The first-order valence-corrected chi connectivity index (χ1v) is 8.04. The molecule has 0 saturated heterocycles. The zero-order valence-electron chi connectivity index (χ0n) is 13.0. The second kappa shape index (κ2) is 7.10. The molecule has 2 aromatic carbocycles. The number of rotatable bonds is 5. The molecule has 0 spiro atoms. The predicted molar refractivity (Wildman–Crippen MR) is 88.4 cm³/mol. The summed E-state index contributed by atoms with van der Waals surface area (Å²) in [6.07, 6.45) is 0. The molecule has 0 bridgehead atoms. The monoisotopic (exact) mass is 303 g/mol. The van der Waals surface area contributed by atoms with E-state index in [1.54, 1.807) is 17.8 Å². The van der Waals surface area contributed by atoms with Gasteiger partial charge in [-0.3, -0.25) is 0 Å². The highest BCUT2D eigenvalue weighted by Gasteiger charge is 2.09. The standard InChI is InChI=1S/C18H22FNS/c1-12(2)20-11-15-10-16(19)7-8-17(15)21-18-9-13(3)5-6-14(18)4/h5-10,12,20H,11H2,1-4H3. The Kier molecular flexibility index (Phi) is 5.43. The Morgan fingerprint density at radius 3 is 2.52 bits per heavy atom. The highest BCUT2D eigenvalue weighted by Crippen LogP contribution is 2.33.